The lowest BCUT2D eigenvalue weighted by Crippen LogP contribution is -2.43. The van der Waals surface area contributed by atoms with Crippen molar-refractivity contribution in [3.63, 3.8) is 0 Å². The van der Waals surface area contributed by atoms with Crippen molar-refractivity contribution in [2.75, 3.05) is 25.9 Å². The first-order chi connectivity index (χ1) is 9.02. The number of benzene rings is 1. The summed E-state index contributed by atoms with van der Waals surface area (Å²) < 4.78 is 5.25. The molecule has 0 fully saturated rings. The van der Waals surface area contributed by atoms with Crippen molar-refractivity contribution in [1.82, 2.24) is 4.90 Å². The Balaban J connectivity index is 2.20. The molecule has 1 aromatic carbocycles. The number of nitrogens with two attached hydrogens (primary N) is 2. The number of fused-ring (bicyclic) bond motifs is 1. The minimum atomic E-state index is -0.275. The number of rotatable bonds is 3. The second-order valence-electron chi connectivity index (χ2n) is 4.98. The Morgan fingerprint density at radius 3 is 2.42 bits per heavy atom. The summed E-state index contributed by atoms with van der Waals surface area (Å²) in [4.78, 5) is 13.4. The summed E-state index contributed by atoms with van der Waals surface area (Å²) in [6.45, 7) is 3.50. The van der Waals surface area contributed by atoms with E-state index < -0.39 is 0 Å². The van der Waals surface area contributed by atoms with Crippen molar-refractivity contribution in [2.24, 2.45) is 5.73 Å². The highest BCUT2D eigenvalue weighted by atomic mass is 16.5. The van der Waals surface area contributed by atoms with E-state index in [0.717, 1.165) is 31.7 Å². The first-order valence-electron chi connectivity index (χ1n) is 6.51. The summed E-state index contributed by atoms with van der Waals surface area (Å²) in [7, 11) is 1.62. The summed E-state index contributed by atoms with van der Waals surface area (Å²) in [5.41, 5.74) is 14.4. The van der Waals surface area contributed by atoms with Gasteiger partial charge in [0.25, 0.3) is 0 Å². The number of amides is 1. The normalized spacial score (nSPS) is 17.4. The number of nitrogen functional groups attached to an aromatic ring is 1. The third-order valence-corrected chi connectivity index (χ3v) is 3.85. The van der Waals surface area contributed by atoms with E-state index in [-0.39, 0.29) is 11.9 Å². The molecule has 0 saturated heterocycles. The molecule has 1 aromatic rings. The first kappa shape index (κ1) is 13.7. The Morgan fingerprint density at radius 2 is 1.89 bits per heavy atom. The molecule has 0 bridgehead atoms. The Hall–Kier alpha value is -1.75. The third-order valence-electron chi connectivity index (χ3n) is 3.85. The SMILES string of the molecule is COc1cc2c(cc1N)CCN(C(C)C(N)=O)CC2. The molecule has 19 heavy (non-hydrogen) atoms. The van der Waals surface area contributed by atoms with Gasteiger partial charge in [-0.25, -0.2) is 0 Å². The lowest BCUT2D eigenvalue weighted by atomic mass is 10.0. The molecule has 0 spiro atoms. The summed E-state index contributed by atoms with van der Waals surface area (Å²) in [6, 6.07) is 3.75. The van der Waals surface area contributed by atoms with E-state index >= 15 is 0 Å². The maximum Gasteiger partial charge on any atom is 0.234 e. The van der Waals surface area contributed by atoms with Crippen molar-refractivity contribution in [3.05, 3.63) is 23.3 Å². The molecule has 0 saturated carbocycles. The summed E-state index contributed by atoms with van der Waals surface area (Å²) in [5, 5.41) is 0. The zero-order valence-electron chi connectivity index (χ0n) is 11.5. The van der Waals surface area contributed by atoms with Crippen LogP contribution in [-0.4, -0.2) is 37.0 Å². The smallest absolute Gasteiger partial charge is 0.234 e. The number of primary amides is 1. The van der Waals surface area contributed by atoms with Crippen molar-refractivity contribution < 1.29 is 9.53 Å². The zero-order chi connectivity index (χ0) is 14.0. The number of ether oxygens (including phenoxy) is 1. The van der Waals surface area contributed by atoms with E-state index in [2.05, 4.69) is 4.90 Å². The van der Waals surface area contributed by atoms with Crippen LogP contribution >= 0.6 is 0 Å². The number of hydrogen-bond donors (Lipinski definition) is 2. The van der Waals surface area contributed by atoms with Crippen LogP contribution in [0, 0.1) is 0 Å². The summed E-state index contributed by atoms with van der Waals surface area (Å²) in [5.74, 6) is 0.443. The predicted molar refractivity (Wildman–Crippen MR) is 75.0 cm³/mol. The highest BCUT2D eigenvalue weighted by Gasteiger charge is 2.22. The molecule has 1 unspecified atom stereocenters. The number of methoxy groups -OCH3 is 1. The number of hydrogen-bond acceptors (Lipinski definition) is 4. The molecule has 5 heteroatoms. The van der Waals surface area contributed by atoms with Crippen LogP contribution in [0.2, 0.25) is 0 Å². The van der Waals surface area contributed by atoms with Crippen molar-refractivity contribution >= 4 is 11.6 Å². The summed E-state index contributed by atoms with van der Waals surface area (Å²) in [6.07, 6.45) is 1.75. The topological polar surface area (TPSA) is 81.6 Å². The number of carbonyl (C=O) groups excluding carboxylic acids is 1. The highest BCUT2D eigenvalue weighted by Crippen LogP contribution is 2.28. The van der Waals surface area contributed by atoms with Gasteiger partial charge in [-0.2, -0.15) is 0 Å². The van der Waals surface area contributed by atoms with E-state index in [9.17, 15) is 4.79 Å². The molecule has 0 aromatic heterocycles. The van der Waals surface area contributed by atoms with E-state index in [1.165, 1.54) is 11.1 Å². The van der Waals surface area contributed by atoms with Crippen LogP contribution in [0.5, 0.6) is 5.75 Å². The minimum absolute atomic E-state index is 0.228. The Kier molecular flexibility index (Phi) is 3.95. The molecular weight excluding hydrogens is 242 g/mol. The zero-order valence-corrected chi connectivity index (χ0v) is 11.5. The molecule has 1 atom stereocenters. The van der Waals surface area contributed by atoms with Crippen LogP contribution in [0.4, 0.5) is 5.69 Å². The molecule has 1 amide bonds. The van der Waals surface area contributed by atoms with Gasteiger partial charge in [-0.1, -0.05) is 0 Å². The van der Waals surface area contributed by atoms with E-state index in [0.29, 0.717) is 5.69 Å². The van der Waals surface area contributed by atoms with Gasteiger partial charge in [0.2, 0.25) is 5.91 Å². The van der Waals surface area contributed by atoms with Gasteiger partial charge >= 0.3 is 0 Å². The quantitative estimate of drug-likeness (QED) is 0.780. The lowest BCUT2D eigenvalue weighted by molar-refractivity contribution is -0.122. The fraction of sp³-hybridized carbons (Fsp3) is 0.500. The van der Waals surface area contributed by atoms with E-state index in [1.54, 1.807) is 7.11 Å². The highest BCUT2D eigenvalue weighted by molar-refractivity contribution is 5.79. The maximum atomic E-state index is 11.3. The second kappa shape index (κ2) is 5.48. The summed E-state index contributed by atoms with van der Waals surface area (Å²) >= 11 is 0. The van der Waals surface area contributed by atoms with Crippen LogP contribution in [0.25, 0.3) is 0 Å². The molecule has 1 aliphatic rings. The Labute approximate surface area is 113 Å². The monoisotopic (exact) mass is 263 g/mol. The second-order valence-corrected chi connectivity index (χ2v) is 4.98. The van der Waals surface area contributed by atoms with Gasteiger partial charge in [-0.05, 0) is 43.0 Å². The number of nitrogens with zero attached hydrogens (tertiary/aromatic N) is 1. The van der Waals surface area contributed by atoms with Crippen LogP contribution in [0.1, 0.15) is 18.1 Å². The fourth-order valence-corrected chi connectivity index (χ4v) is 2.54. The number of anilines is 1. The molecule has 1 aliphatic heterocycles. The molecule has 0 radical (unpaired) electrons. The average Bonchev–Trinajstić information content (AvgIpc) is 2.58. The minimum Gasteiger partial charge on any atom is -0.495 e. The number of carbonyl (C=O) groups is 1. The standard InChI is InChI=1S/C14H21N3O2/c1-9(14(16)18)17-5-3-10-7-12(15)13(19-2)8-11(10)4-6-17/h7-9H,3-6,15H2,1-2H3,(H2,16,18). The predicted octanol–water partition coefficient (Wildman–Crippen LogP) is 0.552. The van der Waals surface area contributed by atoms with Crippen LogP contribution in [-0.2, 0) is 17.6 Å². The van der Waals surface area contributed by atoms with Gasteiger partial charge in [-0.3, -0.25) is 9.69 Å². The molecular formula is C14H21N3O2. The van der Waals surface area contributed by atoms with Crippen LogP contribution in [0.3, 0.4) is 0 Å². The van der Waals surface area contributed by atoms with E-state index in [4.69, 9.17) is 16.2 Å². The van der Waals surface area contributed by atoms with Crippen molar-refractivity contribution in [3.8, 4) is 5.75 Å². The molecule has 5 nitrogen and oxygen atoms in total. The molecule has 1 heterocycles. The molecule has 0 aliphatic carbocycles. The molecule has 104 valence electrons. The van der Waals surface area contributed by atoms with E-state index in [1.807, 2.05) is 19.1 Å². The Bertz CT molecular complexity index is 488. The van der Waals surface area contributed by atoms with Gasteiger partial charge < -0.3 is 16.2 Å². The fourth-order valence-electron chi connectivity index (χ4n) is 2.54. The molecule has 4 N–H and O–H groups in total. The van der Waals surface area contributed by atoms with Gasteiger partial charge in [0.05, 0.1) is 18.8 Å². The lowest BCUT2D eigenvalue weighted by Gasteiger charge is -2.24. The van der Waals surface area contributed by atoms with Gasteiger partial charge in [0.15, 0.2) is 0 Å². The van der Waals surface area contributed by atoms with Gasteiger partial charge in [0, 0.05) is 13.1 Å². The average molecular weight is 263 g/mol. The van der Waals surface area contributed by atoms with Crippen molar-refractivity contribution in [1.29, 1.82) is 0 Å². The van der Waals surface area contributed by atoms with Gasteiger partial charge in [-0.15, -0.1) is 0 Å². The van der Waals surface area contributed by atoms with Gasteiger partial charge in [0.1, 0.15) is 5.75 Å². The largest absolute Gasteiger partial charge is 0.495 e. The maximum absolute atomic E-state index is 11.3. The van der Waals surface area contributed by atoms with Crippen LogP contribution < -0.4 is 16.2 Å². The first-order valence-corrected chi connectivity index (χ1v) is 6.51. The third kappa shape index (κ3) is 2.81. The van der Waals surface area contributed by atoms with Crippen LogP contribution in [0.15, 0.2) is 12.1 Å². The Morgan fingerprint density at radius 1 is 1.32 bits per heavy atom. The van der Waals surface area contributed by atoms with Crippen molar-refractivity contribution in [2.45, 2.75) is 25.8 Å². The molecule has 2 rings (SSSR count).